The SMILES string of the molecule is CC12CCC3c4ccc(OCCSSCCCCCCCCCCCCCCS)cc4CCC3C1CCC2OCCCOC(C(F)(F)F)(C(F)(F)F)C(F)(F)F. The zero-order chi connectivity index (χ0) is 40.9. The first kappa shape index (κ1) is 48.0. The summed E-state index contributed by atoms with van der Waals surface area (Å²) in [6, 6.07) is 6.44. The second-order valence-electron chi connectivity index (χ2n) is 16.1. The normalized spacial score (nSPS) is 24.2. The molecule has 3 aliphatic carbocycles. The number of ether oxygens (including phenoxy) is 3. The topological polar surface area (TPSA) is 27.7 Å². The van der Waals surface area contributed by atoms with Crippen LogP contribution in [0.5, 0.6) is 5.75 Å². The molecule has 324 valence electrons. The molecule has 0 saturated heterocycles. The highest BCUT2D eigenvalue weighted by Crippen LogP contribution is 2.62. The third kappa shape index (κ3) is 12.5. The van der Waals surface area contributed by atoms with Gasteiger partial charge in [-0.3, -0.25) is 0 Å². The van der Waals surface area contributed by atoms with Gasteiger partial charge >= 0.3 is 24.1 Å². The third-order valence-corrected chi connectivity index (χ3v) is 15.2. The van der Waals surface area contributed by atoms with E-state index in [9.17, 15) is 39.5 Å². The lowest BCUT2D eigenvalue weighted by molar-refractivity contribution is -0.457. The Bertz CT molecular complexity index is 1260. The summed E-state index contributed by atoms with van der Waals surface area (Å²) in [6.07, 6.45) is 0.247. The van der Waals surface area contributed by atoms with E-state index >= 15 is 0 Å². The molecule has 3 aliphatic rings. The molecule has 5 atom stereocenters. The number of thiol groups is 1. The van der Waals surface area contributed by atoms with Gasteiger partial charge in [0.25, 0.3) is 0 Å². The molecule has 0 aliphatic heterocycles. The van der Waals surface area contributed by atoms with Crippen LogP contribution in [0.15, 0.2) is 18.2 Å². The second-order valence-corrected chi connectivity index (χ2v) is 19.2. The third-order valence-electron chi connectivity index (χ3n) is 12.4. The van der Waals surface area contributed by atoms with Crippen molar-refractivity contribution in [2.75, 3.05) is 37.1 Å². The first-order valence-corrected chi connectivity index (χ1v) is 23.8. The van der Waals surface area contributed by atoms with Crippen molar-refractivity contribution in [1.82, 2.24) is 0 Å². The summed E-state index contributed by atoms with van der Waals surface area (Å²) >= 11 is 4.27. The number of rotatable bonds is 25. The summed E-state index contributed by atoms with van der Waals surface area (Å²) in [5.74, 6) is 5.11. The van der Waals surface area contributed by atoms with E-state index in [0.29, 0.717) is 30.8 Å². The molecule has 0 N–H and O–H groups in total. The van der Waals surface area contributed by atoms with Crippen LogP contribution < -0.4 is 4.74 Å². The maximum absolute atomic E-state index is 13.2. The molecule has 0 bridgehead atoms. The van der Waals surface area contributed by atoms with Gasteiger partial charge in [0.2, 0.25) is 0 Å². The molecule has 3 nitrogen and oxygen atoms in total. The number of unbranched alkanes of at least 4 members (excludes halogenated alkanes) is 11. The predicted molar refractivity (Wildman–Crippen MR) is 212 cm³/mol. The maximum Gasteiger partial charge on any atom is 0.435 e. The first-order chi connectivity index (χ1) is 26.6. The lowest BCUT2D eigenvalue weighted by Crippen LogP contribution is -2.67. The highest BCUT2D eigenvalue weighted by atomic mass is 33.1. The Morgan fingerprint density at radius 3 is 1.88 bits per heavy atom. The lowest BCUT2D eigenvalue weighted by atomic mass is 9.55. The molecule has 1 aromatic carbocycles. The fourth-order valence-corrected chi connectivity index (χ4v) is 11.7. The van der Waals surface area contributed by atoms with Crippen molar-refractivity contribution >= 4 is 34.2 Å². The largest absolute Gasteiger partial charge is 0.493 e. The van der Waals surface area contributed by atoms with Crippen molar-refractivity contribution in [1.29, 1.82) is 0 Å². The Morgan fingerprint density at radius 2 is 1.27 bits per heavy atom. The highest BCUT2D eigenvalue weighted by Gasteiger charge is 2.85. The van der Waals surface area contributed by atoms with Gasteiger partial charge in [-0.2, -0.15) is 52.1 Å². The van der Waals surface area contributed by atoms with Crippen LogP contribution in [-0.2, 0) is 15.9 Å². The quantitative estimate of drug-likeness (QED) is 0.0457. The monoisotopic (exact) mass is 868 g/mol. The van der Waals surface area contributed by atoms with Crippen molar-refractivity contribution in [2.24, 2.45) is 17.3 Å². The van der Waals surface area contributed by atoms with Crippen LogP contribution in [0.25, 0.3) is 0 Å². The molecule has 5 unspecified atom stereocenters. The number of hydrogen-bond donors (Lipinski definition) is 1. The molecule has 0 amide bonds. The molecule has 1 aromatic rings. The number of fused-ring (bicyclic) bond motifs is 5. The van der Waals surface area contributed by atoms with Crippen LogP contribution in [0, 0.1) is 17.3 Å². The maximum atomic E-state index is 13.2. The van der Waals surface area contributed by atoms with Gasteiger partial charge in [-0.15, -0.1) is 0 Å². The van der Waals surface area contributed by atoms with E-state index in [0.717, 1.165) is 49.4 Å². The smallest absolute Gasteiger partial charge is 0.435 e. The number of halogens is 9. The van der Waals surface area contributed by atoms with Crippen molar-refractivity contribution < 1.29 is 53.7 Å². The molecule has 0 radical (unpaired) electrons. The molecule has 0 spiro atoms. The van der Waals surface area contributed by atoms with Crippen molar-refractivity contribution in [3.05, 3.63) is 29.3 Å². The highest BCUT2D eigenvalue weighted by molar-refractivity contribution is 8.76. The Morgan fingerprint density at radius 1 is 0.679 bits per heavy atom. The molecule has 15 heteroatoms. The Labute approximate surface area is 341 Å². The van der Waals surface area contributed by atoms with E-state index < -0.39 is 37.2 Å². The number of alkyl halides is 9. The van der Waals surface area contributed by atoms with Gasteiger partial charge < -0.3 is 14.2 Å². The van der Waals surface area contributed by atoms with Crippen LogP contribution in [0.1, 0.15) is 140 Å². The minimum atomic E-state index is -6.73. The minimum absolute atomic E-state index is 0.239. The van der Waals surface area contributed by atoms with Crippen LogP contribution in [0.3, 0.4) is 0 Å². The van der Waals surface area contributed by atoms with Gasteiger partial charge in [0, 0.05) is 18.1 Å². The molecule has 2 fully saturated rings. The van der Waals surface area contributed by atoms with Crippen LogP contribution in [-0.4, -0.2) is 67.3 Å². The van der Waals surface area contributed by atoms with Crippen LogP contribution in [0.2, 0.25) is 0 Å². The molecule has 4 rings (SSSR count). The van der Waals surface area contributed by atoms with E-state index in [1.807, 2.05) is 21.6 Å². The lowest BCUT2D eigenvalue weighted by Gasteiger charge is -2.50. The van der Waals surface area contributed by atoms with Gasteiger partial charge in [0.05, 0.1) is 19.3 Å². The van der Waals surface area contributed by atoms with Gasteiger partial charge in [-0.25, -0.2) is 0 Å². The van der Waals surface area contributed by atoms with Crippen molar-refractivity contribution in [2.45, 2.75) is 165 Å². The summed E-state index contributed by atoms with van der Waals surface area (Å²) in [5.41, 5.74) is -3.83. The Kier molecular flexibility index (Phi) is 19.1. The predicted octanol–water partition coefficient (Wildman–Crippen LogP) is 14.1. The molecule has 0 aromatic heterocycles. The molecule has 0 heterocycles. The van der Waals surface area contributed by atoms with Gasteiger partial charge in [0.15, 0.2) is 0 Å². The summed E-state index contributed by atoms with van der Waals surface area (Å²) in [5, 5.41) is 0. The fraction of sp³-hybridized carbons (Fsp3) is 0.854. The Hall–Kier alpha value is -0.640. The number of aryl methyl sites for hydroxylation is 1. The standard InChI is InChI=1S/C41H61F9O3S3/c1-37-22-21-33-32-18-16-31(51-25-28-56-55-27-13-11-9-7-5-3-2-4-6-8-10-12-26-54)29-30(32)15-17-34(33)35(37)19-20-36(37)52-23-14-24-53-38(39(42,43)44,40(45,46)47)41(48,49)50/h16,18,29,33-36,54H,2-15,17,19-28H2,1H3. The zero-order valence-electron chi connectivity index (χ0n) is 32.6. The Balaban J connectivity index is 1.11. The summed E-state index contributed by atoms with van der Waals surface area (Å²) < 4.78 is 134. The number of hydrogen-bond acceptors (Lipinski definition) is 6. The summed E-state index contributed by atoms with van der Waals surface area (Å²) in [7, 11) is 3.80. The average molecular weight is 869 g/mol. The van der Waals surface area contributed by atoms with E-state index in [1.165, 1.54) is 93.9 Å². The summed E-state index contributed by atoms with van der Waals surface area (Å²) in [4.78, 5) is 0. The zero-order valence-corrected chi connectivity index (χ0v) is 35.1. The van der Waals surface area contributed by atoms with Crippen molar-refractivity contribution in [3.8, 4) is 5.75 Å². The molecule has 2 saturated carbocycles. The van der Waals surface area contributed by atoms with Gasteiger partial charge in [0.1, 0.15) is 5.75 Å². The minimum Gasteiger partial charge on any atom is -0.493 e. The van der Waals surface area contributed by atoms with E-state index in [2.05, 4.69) is 42.5 Å². The van der Waals surface area contributed by atoms with Crippen LogP contribution >= 0.6 is 34.2 Å². The fourth-order valence-electron chi connectivity index (χ4n) is 9.46. The van der Waals surface area contributed by atoms with Crippen LogP contribution in [0.4, 0.5) is 39.5 Å². The van der Waals surface area contributed by atoms with E-state index in [-0.39, 0.29) is 18.1 Å². The van der Waals surface area contributed by atoms with Gasteiger partial charge in [-0.1, -0.05) is 98.8 Å². The molecular weight excluding hydrogens is 808 g/mol. The molecular formula is C41H61F9O3S3. The van der Waals surface area contributed by atoms with E-state index in [1.54, 1.807) is 0 Å². The average Bonchev–Trinajstić information content (AvgIpc) is 3.46. The summed E-state index contributed by atoms with van der Waals surface area (Å²) in [6.45, 7) is 1.07. The molecule has 56 heavy (non-hydrogen) atoms. The second kappa shape index (κ2) is 22.3. The number of benzene rings is 1. The van der Waals surface area contributed by atoms with Crippen molar-refractivity contribution in [3.63, 3.8) is 0 Å². The van der Waals surface area contributed by atoms with Gasteiger partial charge in [-0.05, 0) is 110 Å². The first-order valence-electron chi connectivity index (χ1n) is 20.6. The van der Waals surface area contributed by atoms with E-state index in [4.69, 9.17) is 9.47 Å².